The van der Waals surface area contributed by atoms with Crippen molar-refractivity contribution in [3.8, 4) is 0 Å². The van der Waals surface area contributed by atoms with Gasteiger partial charge < -0.3 is 5.32 Å². The third-order valence-corrected chi connectivity index (χ3v) is 4.12. The fraction of sp³-hybridized carbons (Fsp3) is 0.375. The van der Waals surface area contributed by atoms with Gasteiger partial charge in [-0.2, -0.15) is 0 Å². The topological polar surface area (TPSA) is 37.8 Å². The van der Waals surface area contributed by atoms with Crippen molar-refractivity contribution in [1.29, 1.82) is 0 Å². The highest BCUT2D eigenvalue weighted by Gasteiger charge is 2.05. The molecule has 3 nitrogen and oxygen atoms in total. The number of nitrogens with one attached hydrogen (secondary N) is 1. The minimum atomic E-state index is 0.796. The van der Waals surface area contributed by atoms with Gasteiger partial charge in [0.25, 0.3) is 0 Å². The van der Waals surface area contributed by atoms with E-state index in [1.165, 1.54) is 16.0 Å². The molecule has 0 fully saturated rings. The monoisotopic (exact) mass is 287 g/mol. The highest BCUT2D eigenvalue weighted by molar-refractivity contribution is 7.98. The Hall–Kier alpha value is -1.55. The van der Waals surface area contributed by atoms with Crippen LogP contribution in [-0.2, 0) is 5.75 Å². The van der Waals surface area contributed by atoms with Crippen LogP contribution in [0.4, 0.5) is 5.82 Å². The first-order valence-electron chi connectivity index (χ1n) is 6.87. The van der Waals surface area contributed by atoms with Crippen LogP contribution in [0.25, 0.3) is 0 Å². The average molecular weight is 287 g/mol. The van der Waals surface area contributed by atoms with Crippen LogP contribution in [0.15, 0.2) is 29.2 Å². The quantitative estimate of drug-likeness (QED) is 0.839. The van der Waals surface area contributed by atoms with E-state index in [9.17, 15) is 0 Å². The Morgan fingerprint density at radius 2 is 1.90 bits per heavy atom. The molecule has 0 bridgehead atoms. The number of rotatable bonds is 5. The SMILES string of the molecule is CCNc1cc(C)nc(CSc2ccc(C)cc2C)n1. The Morgan fingerprint density at radius 1 is 1.10 bits per heavy atom. The molecule has 0 spiro atoms. The highest BCUT2D eigenvalue weighted by atomic mass is 32.2. The van der Waals surface area contributed by atoms with E-state index < -0.39 is 0 Å². The molecule has 0 amide bonds. The molecule has 0 atom stereocenters. The van der Waals surface area contributed by atoms with Gasteiger partial charge in [0.2, 0.25) is 0 Å². The summed E-state index contributed by atoms with van der Waals surface area (Å²) in [7, 11) is 0. The fourth-order valence-electron chi connectivity index (χ4n) is 2.07. The summed E-state index contributed by atoms with van der Waals surface area (Å²) in [5, 5.41) is 3.25. The molecule has 0 aliphatic carbocycles. The van der Waals surface area contributed by atoms with Crippen molar-refractivity contribution in [2.75, 3.05) is 11.9 Å². The molecule has 1 aromatic carbocycles. The normalized spacial score (nSPS) is 10.6. The molecule has 0 saturated carbocycles. The minimum Gasteiger partial charge on any atom is -0.370 e. The van der Waals surface area contributed by atoms with Gasteiger partial charge in [0.1, 0.15) is 11.6 Å². The summed E-state index contributed by atoms with van der Waals surface area (Å²) >= 11 is 1.79. The number of benzene rings is 1. The summed E-state index contributed by atoms with van der Waals surface area (Å²) in [5.41, 5.74) is 3.62. The van der Waals surface area contributed by atoms with Crippen molar-refractivity contribution in [3.05, 3.63) is 46.9 Å². The molecule has 4 heteroatoms. The van der Waals surface area contributed by atoms with Gasteiger partial charge in [-0.15, -0.1) is 11.8 Å². The predicted octanol–water partition coefficient (Wildman–Crippen LogP) is 4.13. The second-order valence-corrected chi connectivity index (χ2v) is 5.92. The van der Waals surface area contributed by atoms with Crippen LogP contribution in [0.3, 0.4) is 0 Å². The van der Waals surface area contributed by atoms with E-state index >= 15 is 0 Å². The van der Waals surface area contributed by atoms with E-state index in [-0.39, 0.29) is 0 Å². The van der Waals surface area contributed by atoms with Crippen molar-refractivity contribution >= 4 is 17.6 Å². The molecular formula is C16H21N3S. The fourth-order valence-corrected chi connectivity index (χ4v) is 2.93. The second kappa shape index (κ2) is 6.75. The molecule has 1 N–H and O–H groups in total. The molecule has 0 aliphatic heterocycles. The molecule has 0 saturated heterocycles. The highest BCUT2D eigenvalue weighted by Crippen LogP contribution is 2.26. The van der Waals surface area contributed by atoms with Gasteiger partial charge in [-0.1, -0.05) is 17.7 Å². The average Bonchev–Trinajstić information content (AvgIpc) is 2.37. The Balaban J connectivity index is 2.10. The third kappa shape index (κ3) is 3.97. The van der Waals surface area contributed by atoms with E-state index in [1.807, 2.05) is 13.0 Å². The Labute approximate surface area is 125 Å². The van der Waals surface area contributed by atoms with Crippen LogP contribution in [0.5, 0.6) is 0 Å². The maximum absolute atomic E-state index is 4.54. The first-order chi connectivity index (χ1) is 9.58. The van der Waals surface area contributed by atoms with Gasteiger partial charge >= 0.3 is 0 Å². The molecular weight excluding hydrogens is 266 g/mol. The lowest BCUT2D eigenvalue weighted by molar-refractivity contribution is 0.985. The molecule has 2 aromatic rings. The molecule has 0 unspecified atom stereocenters. The Kier molecular flexibility index (Phi) is 5.01. The van der Waals surface area contributed by atoms with E-state index in [0.717, 1.165) is 29.6 Å². The van der Waals surface area contributed by atoms with Crippen LogP contribution in [-0.4, -0.2) is 16.5 Å². The number of hydrogen-bond acceptors (Lipinski definition) is 4. The van der Waals surface area contributed by atoms with Crippen LogP contribution in [0, 0.1) is 20.8 Å². The molecule has 2 rings (SSSR count). The van der Waals surface area contributed by atoms with E-state index in [1.54, 1.807) is 11.8 Å². The number of nitrogens with zero attached hydrogens (tertiary/aromatic N) is 2. The number of aromatic nitrogens is 2. The summed E-state index contributed by atoms with van der Waals surface area (Å²) in [5.74, 6) is 2.59. The summed E-state index contributed by atoms with van der Waals surface area (Å²) < 4.78 is 0. The first kappa shape index (κ1) is 14.9. The van der Waals surface area contributed by atoms with Crippen molar-refractivity contribution in [3.63, 3.8) is 0 Å². The van der Waals surface area contributed by atoms with Gasteiger partial charge in [0, 0.05) is 23.2 Å². The molecule has 20 heavy (non-hydrogen) atoms. The van der Waals surface area contributed by atoms with Crippen molar-refractivity contribution in [2.45, 2.75) is 38.3 Å². The van der Waals surface area contributed by atoms with Gasteiger partial charge in [0.05, 0.1) is 5.75 Å². The maximum atomic E-state index is 4.54. The lowest BCUT2D eigenvalue weighted by Gasteiger charge is -2.08. The summed E-state index contributed by atoms with van der Waals surface area (Å²) in [6, 6.07) is 8.52. The molecule has 106 valence electrons. The zero-order valence-corrected chi connectivity index (χ0v) is 13.3. The molecule has 0 aliphatic rings. The molecule has 1 heterocycles. The number of thioether (sulfide) groups is 1. The first-order valence-corrected chi connectivity index (χ1v) is 7.85. The van der Waals surface area contributed by atoms with Gasteiger partial charge in [-0.05, 0) is 39.3 Å². The number of aryl methyl sites for hydroxylation is 3. The van der Waals surface area contributed by atoms with Crippen LogP contribution < -0.4 is 5.32 Å². The van der Waals surface area contributed by atoms with Gasteiger partial charge in [-0.3, -0.25) is 0 Å². The smallest absolute Gasteiger partial charge is 0.141 e. The van der Waals surface area contributed by atoms with Gasteiger partial charge in [0.15, 0.2) is 0 Å². The third-order valence-electron chi connectivity index (χ3n) is 2.95. The zero-order valence-electron chi connectivity index (χ0n) is 12.5. The van der Waals surface area contributed by atoms with Crippen molar-refractivity contribution in [2.24, 2.45) is 0 Å². The lowest BCUT2D eigenvalue weighted by atomic mass is 10.2. The number of anilines is 1. The largest absolute Gasteiger partial charge is 0.370 e. The zero-order chi connectivity index (χ0) is 14.5. The Morgan fingerprint density at radius 3 is 2.60 bits per heavy atom. The van der Waals surface area contributed by atoms with E-state index in [0.29, 0.717) is 0 Å². The molecule has 1 aromatic heterocycles. The van der Waals surface area contributed by atoms with Crippen LogP contribution in [0.2, 0.25) is 0 Å². The standard InChI is InChI=1S/C16H21N3S/c1-5-17-15-9-13(4)18-16(19-15)10-20-14-7-6-11(2)8-12(14)3/h6-9H,5,10H2,1-4H3,(H,17,18,19). The predicted molar refractivity (Wildman–Crippen MR) is 86.4 cm³/mol. The van der Waals surface area contributed by atoms with E-state index in [4.69, 9.17) is 0 Å². The minimum absolute atomic E-state index is 0.796. The summed E-state index contributed by atoms with van der Waals surface area (Å²) in [6.07, 6.45) is 0. The maximum Gasteiger partial charge on any atom is 0.141 e. The van der Waals surface area contributed by atoms with Crippen molar-refractivity contribution in [1.82, 2.24) is 9.97 Å². The lowest BCUT2D eigenvalue weighted by Crippen LogP contribution is -2.04. The van der Waals surface area contributed by atoms with Crippen LogP contribution >= 0.6 is 11.8 Å². The summed E-state index contributed by atoms with van der Waals surface area (Å²) in [6.45, 7) is 9.22. The van der Waals surface area contributed by atoms with Crippen molar-refractivity contribution < 1.29 is 0 Å². The van der Waals surface area contributed by atoms with Gasteiger partial charge in [-0.25, -0.2) is 9.97 Å². The van der Waals surface area contributed by atoms with Crippen LogP contribution in [0.1, 0.15) is 29.6 Å². The Bertz CT molecular complexity index is 596. The molecule has 0 radical (unpaired) electrons. The second-order valence-electron chi connectivity index (χ2n) is 4.90. The van der Waals surface area contributed by atoms with E-state index in [2.05, 4.69) is 54.3 Å². The number of hydrogen-bond donors (Lipinski definition) is 1. The summed E-state index contributed by atoms with van der Waals surface area (Å²) in [4.78, 5) is 10.3.